The third-order valence-corrected chi connectivity index (χ3v) is 1.25. The van der Waals surface area contributed by atoms with E-state index in [1.165, 1.54) is 0 Å². The van der Waals surface area contributed by atoms with Gasteiger partial charge in [0.1, 0.15) is 18.8 Å². The first-order valence-electron chi connectivity index (χ1n) is 2.40. The summed E-state index contributed by atoms with van der Waals surface area (Å²) in [6.45, 7) is 0.751. The molecule has 1 saturated heterocycles. The van der Waals surface area contributed by atoms with Gasteiger partial charge in [0.25, 0.3) is 0 Å². The zero-order valence-electron chi connectivity index (χ0n) is 4.33. The Balaban J connectivity index is 0.000000320. The summed E-state index contributed by atoms with van der Waals surface area (Å²) in [5.41, 5.74) is 0. The summed E-state index contributed by atoms with van der Waals surface area (Å²) in [6, 6.07) is 0. The van der Waals surface area contributed by atoms with Crippen molar-refractivity contribution < 1.29 is 14.9 Å². The van der Waals surface area contributed by atoms with Gasteiger partial charge < -0.3 is 14.9 Å². The Morgan fingerprint density at radius 2 is 2.38 bits per heavy atom. The summed E-state index contributed by atoms with van der Waals surface area (Å²) in [6.07, 6.45) is 4.43. The van der Waals surface area contributed by atoms with Crippen molar-refractivity contribution in [2.45, 2.75) is 12.2 Å². The predicted octanol–water partition coefficient (Wildman–Crippen LogP) is -0.527. The molecule has 0 aromatic rings. The first kappa shape index (κ1) is 5.59. The van der Waals surface area contributed by atoms with Crippen LogP contribution in [0, 0.1) is 0 Å². The lowest BCUT2D eigenvalue weighted by atomic mass is 10.3. The van der Waals surface area contributed by atoms with Gasteiger partial charge >= 0.3 is 0 Å². The molecule has 0 radical (unpaired) electrons. The Labute approximate surface area is 47.2 Å². The number of rotatable bonds is 0. The molecule has 0 bridgehead atoms. The quantitative estimate of drug-likeness (QED) is 0.399. The fourth-order valence-electron chi connectivity index (χ4n) is 0.743. The highest BCUT2D eigenvalue weighted by atomic mass is 16.6. The Bertz CT molecular complexity index is 110. The van der Waals surface area contributed by atoms with E-state index in [1.807, 2.05) is 6.08 Å². The van der Waals surface area contributed by atoms with Crippen molar-refractivity contribution in [2.75, 3.05) is 6.61 Å². The van der Waals surface area contributed by atoms with Crippen molar-refractivity contribution in [3.8, 4) is 0 Å². The molecule has 8 heavy (non-hydrogen) atoms. The molecule has 1 fully saturated rings. The molecule has 0 aliphatic carbocycles. The van der Waals surface area contributed by atoms with Crippen LogP contribution in [0.25, 0.3) is 0 Å². The van der Waals surface area contributed by atoms with Crippen LogP contribution in [0.3, 0.4) is 0 Å². The van der Waals surface area contributed by atoms with Gasteiger partial charge in [0.15, 0.2) is 0 Å². The molecule has 2 aliphatic heterocycles. The minimum atomic E-state index is 0. The zero-order valence-corrected chi connectivity index (χ0v) is 4.33. The van der Waals surface area contributed by atoms with Crippen LogP contribution >= 0.6 is 0 Å². The molecule has 0 aromatic heterocycles. The van der Waals surface area contributed by atoms with Crippen LogP contribution in [0.15, 0.2) is 12.3 Å². The monoisotopic (exact) mass is 116 g/mol. The van der Waals surface area contributed by atoms with Crippen LogP contribution in [-0.4, -0.2) is 24.3 Å². The minimum absolute atomic E-state index is 0. The van der Waals surface area contributed by atoms with Crippen molar-refractivity contribution in [3.63, 3.8) is 0 Å². The number of ether oxygens (including phenoxy) is 2. The smallest absolute Gasteiger partial charge is 0.122 e. The second-order valence-electron chi connectivity index (χ2n) is 1.80. The number of fused-ring (bicyclic) bond motifs is 1. The molecule has 2 aliphatic rings. The van der Waals surface area contributed by atoms with Crippen LogP contribution in [0.1, 0.15) is 0 Å². The van der Waals surface area contributed by atoms with Crippen LogP contribution in [0.5, 0.6) is 0 Å². The first-order valence-corrected chi connectivity index (χ1v) is 2.40. The molecule has 46 valence electrons. The van der Waals surface area contributed by atoms with Crippen LogP contribution in [-0.2, 0) is 9.47 Å². The Hall–Kier alpha value is -0.540. The molecule has 0 aromatic carbocycles. The number of hydrogen-bond donors (Lipinski definition) is 0. The highest BCUT2D eigenvalue weighted by molar-refractivity contribution is 5.03. The van der Waals surface area contributed by atoms with Crippen molar-refractivity contribution >= 4 is 0 Å². The summed E-state index contributed by atoms with van der Waals surface area (Å²) in [4.78, 5) is 0. The third kappa shape index (κ3) is 0.700. The predicted molar refractivity (Wildman–Crippen MR) is 27.4 cm³/mol. The fraction of sp³-hybridized carbons (Fsp3) is 0.600. The fourth-order valence-corrected chi connectivity index (χ4v) is 0.743. The molecule has 2 unspecified atom stereocenters. The summed E-state index contributed by atoms with van der Waals surface area (Å²) >= 11 is 0. The van der Waals surface area contributed by atoms with Gasteiger partial charge in [-0.1, -0.05) is 0 Å². The van der Waals surface area contributed by atoms with E-state index in [0.29, 0.717) is 12.2 Å². The average molecular weight is 116 g/mol. The van der Waals surface area contributed by atoms with Crippen molar-refractivity contribution in [3.05, 3.63) is 12.3 Å². The number of epoxide rings is 1. The van der Waals surface area contributed by atoms with E-state index in [2.05, 4.69) is 0 Å². The topological polar surface area (TPSA) is 53.3 Å². The molecule has 3 nitrogen and oxygen atoms in total. The van der Waals surface area contributed by atoms with Gasteiger partial charge in [-0.2, -0.15) is 0 Å². The largest absolute Gasteiger partial charge is 0.499 e. The molecule has 0 spiro atoms. The summed E-state index contributed by atoms with van der Waals surface area (Å²) in [7, 11) is 0. The molecular formula is C5H8O3. The van der Waals surface area contributed by atoms with E-state index in [1.54, 1.807) is 6.26 Å². The summed E-state index contributed by atoms with van der Waals surface area (Å²) < 4.78 is 9.98. The second kappa shape index (κ2) is 1.76. The Morgan fingerprint density at radius 3 is 2.88 bits per heavy atom. The van der Waals surface area contributed by atoms with Crippen molar-refractivity contribution in [2.24, 2.45) is 0 Å². The van der Waals surface area contributed by atoms with Gasteiger partial charge in [-0.3, -0.25) is 0 Å². The normalized spacial score (nSPS) is 39.0. The van der Waals surface area contributed by atoms with E-state index < -0.39 is 0 Å². The standard InChI is InChI=1S/C5H6O2.H2O/c1-2-6-3-5-4(1)7-5;/h1-2,4-5H,3H2;1H2. The molecule has 2 heterocycles. The molecular weight excluding hydrogens is 108 g/mol. The Morgan fingerprint density at radius 1 is 1.50 bits per heavy atom. The van der Waals surface area contributed by atoms with Crippen molar-refractivity contribution in [1.29, 1.82) is 0 Å². The van der Waals surface area contributed by atoms with Gasteiger partial charge in [0, 0.05) is 0 Å². The van der Waals surface area contributed by atoms with E-state index >= 15 is 0 Å². The van der Waals surface area contributed by atoms with Gasteiger partial charge in [-0.25, -0.2) is 0 Å². The van der Waals surface area contributed by atoms with Crippen molar-refractivity contribution in [1.82, 2.24) is 0 Å². The third-order valence-electron chi connectivity index (χ3n) is 1.25. The lowest BCUT2D eigenvalue weighted by Gasteiger charge is -1.97. The lowest BCUT2D eigenvalue weighted by Crippen LogP contribution is -2.03. The Kier molecular flexibility index (Phi) is 1.23. The lowest BCUT2D eigenvalue weighted by molar-refractivity contribution is 0.215. The summed E-state index contributed by atoms with van der Waals surface area (Å²) in [5, 5.41) is 0. The van der Waals surface area contributed by atoms with E-state index in [-0.39, 0.29) is 5.48 Å². The molecule has 2 rings (SSSR count). The molecule has 0 amide bonds. The average Bonchev–Trinajstić information content (AvgIpc) is 2.41. The zero-order chi connectivity index (χ0) is 4.69. The van der Waals surface area contributed by atoms with Crippen LogP contribution in [0.4, 0.5) is 0 Å². The van der Waals surface area contributed by atoms with Gasteiger partial charge in [-0.15, -0.1) is 0 Å². The summed E-state index contributed by atoms with van der Waals surface area (Å²) in [5.74, 6) is 0. The van der Waals surface area contributed by atoms with E-state index in [0.717, 1.165) is 6.61 Å². The maximum atomic E-state index is 5.07. The number of hydrogen-bond acceptors (Lipinski definition) is 2. The SMILES string of the molecule is C1=CC2OC2CO1.O. The van der Waals surface area contributed by atoms with E-state index in [4.69, 9.17) is 9.47 Å². The van der Waals surface area contributed by atoms with Crippen LogP contribution < -0.4 is 0 Å². The van der Waals surface area contributed by atoms with Gasteiger partial charge in [0.05, 0.1) is 6.26 Å². The van der Waals surface area contributed by atoms with E-state index in [9.17, 15) is 0 Å². The van der Waals surface area contributed by atoms with Crippen LogP contribution in [0.2, 0.25) is 0 Å². The van der Waals surface area contributed by atoms with Gasteiger partial charge in [-0.05, 0) is 6.08 Å². The molecule has 2 N–H and O–H groups in total. The highest BCUT2D eigenvalue weighted by Gasteiger charge is 2.38. The first-order chi connectivity index (χ1) is 3.47. The minimum Gasteiger partial charge on any atom is -0.499 e. The molecule has 2 atom stereocenters. The highest BCUT2D eigenvalue weighted by Crippen LogP contribution is 2.26. The maximum Gasteiger partial charge on any atom is 0.122 e. The maximum absolute atomic E-state index is 5.07. The van der Waals surface area contributed by atoms with Gasteiger partial charge in [0.2, 0.25) is 0 Å². The molecule has 3 heteroatoms. The molecule has 0 saturated carbocycles. The second-order valence-corrected chi connectivity index (χ2v) is 1.80.